The van der Waals surface area contributed by atoms with Crippen LogP contribution in [0.4, 0.5) is 4.39 Å². The number of hydrogen-bond donors (Lipinski definition) is 0. The van der Waals surface area contributed by atoms with E-state index in [4.69, 9.17) is 16.0 Å². The summed E-state index contributed by atoms with van der Waals surface area (Å²) in [6, 6.07) is 17.6. The van der Waals surface area contributed by atoms with Gasteiger partial charge in [0.25, 0.3) is 5.91 Å². The van der Waals surface area contributed by atoms with Gasteiger partial charge >= 0.3 is 0 Å². The number of rotatable bonds is 3. The van der Waals surface area contributed by atoms with Crippen LogP contribution >= 0.6 is 27.5 Å². The molecule has 31 heavy (non-hydrogen) atoms. The van der Waals surface area contributed by atoms with Crippen LogP contribution in [-0.4, -0.2) is 10.8 Å². The van der Waals surface area contributed by atoms with Gasteiger partial charge in [-0.15, -0.1) is 0 Å². The first-order valence-corrected chi connectivity index (χ1v) is 10.7. The molecule has 2 heterocycles. The summed E-state index contributed by atoms with van der Waals surface area (Å²) in [5.74, 6) is -0.979. The van der Waals surface area contributed by atoms with Crippen molar-refractivity contribution in [3.8, 4) is 0 Å². The van der Waals surface area contributed by atoms with Gasteiger partial charge in [0.2, 0.25) is 5.76 Å². The van der Waals surface area contributed by atoms with Gasteiger partial charge in [0.15, 0.2) is 5.43 Å². The maximum Gasteiger partial charge on any atom is 0.291 e. The number of carbonyl (C=O) groups excluding carboxylic acids is 1. The van der Waals surface area contributed by atoms with Crippen LogP contribution < -0.4 is 5.43 Å². The van der Waals surface area contributed by atoms with Crippen LogP contribution in [0.15, 0.2) is 80.4 Å². The fraction of sp³-hybridized carbons (Fsp3) is 0.0833. The normalized spacial score (nSPS) is 15.5. The second-order valence-corrected chi connectivity index (χ2v) is 8.62. The highest BCUT2D eigenvalue weighted by molar-refractivity contribution is 9.10. The fourth-order valence-corrected chi connectivity index (χ4v) is 4.42. The van der Waals surface area contributed by atoms with Gasteiger partial charge in [-0.05, 0) is 47.5 Å². The number of fused-ring (bicyclic) bond motifs is 2. The van der Waals surface area contributed by atoms with Crippen LogP contribution in [0.5, 0.6) is 0 Å². The maximum atomic E-state index is 13.8. The van der Waals surface area contributed by atoms with E-state index in [9.17, 15) is 14.0 Å². The molecule has 1 aromatic heterocycles. The van der Waals surface area contributed by atoms with Crippen molar-refractivity contribution < 1.29 is 13.6 Å². The number of carbonyl (C=O) groups is 1. The molecule has 1 atom stereocenters. The zero-order chi connectivity index (χ0) is 21.7. The number of nitrogens with zero attached hydrogens (tertiary/aromatic N) is 1. The Balaban J connectivity index is 1.74. The quantitative estimate of drug-likeness (QED) is 0.343. The molecule has 0 bridgehead atoms. The summed E-state index contributed by atoms with van der Waals surface area (Å²) < 4.78 is 20.5. The minimum atomic E-state index is -0.684. The highest BCUT2D eigenvalue weighted by Crippen LogP contribution is 2.40. The molecular weight excluding hydrogens is 485 g/mol. The van der Waals surface area contributed by atoms with Crippen LogP contribution in [0.1, 0.15) is 33.3 Å². The third kappa shape index (κ3) is 3.36. The minimum Gasteiger partial charge on any atom is -0.450 e. The molecule has 0 radical (unpaired) electrons. The first-order valence-electron chi connectivity index (χ1n) is 9.50. The highest BCUT2D eigenvalue weighted by Gasteiger charge is 2.42. The summed E-state index contributed by atoms with van der Waals surface area (Å²) in [5, 5.41) is 0.626. The summed E-state index contributed by atoms with van der Waals surface area (Å²) in [4.78, 5) is 28.4. The Morgan fingerprint density at radius 1 is 1.03 bits per heavy atom. The van der Waals surface area contributed by atoms with E-state index >= 15 is 0 Å². The molecule has 1 amide bonds. The third-order valence-corrected chi connectivity index (χ3v) is 6.31. The van der Waals surface area contributed by atoms with Crippen molar-refractivity contribution >= 4 is 44.4 Å². The number of benzene rings is 3. The Kier molecular flexibility index (Phi) is 4.91. The summed E-state index contributed by atoms with van der Waals surface area (Å²) in [7, 11) is 0. The summed E-state index contributed by atoms with van der Waals surface area (Å²) in [5.41, 5.74) is 1.45. The lowest BCUT2D eigenvalue weighted by molar-refractivity contribution is 0.0714. The van der Waals surface area contributed by atoms with E-state index in [1.165, 1.54) is 12.1 Å². The van der Waals surface area contributed by atoms with Crippen LogP contribution in [0.3, 0.4) is 0 Å². The first-order chi connectivity index (χ1) is 14.9. The molecule has 1 aliphatic heterocycles. The number of halogens is 3. The molecule has 1 aliphatic rings. The number of amides is 1. The van der Waals surface area contributed by atoms with Gasteiger partial charge in [-0.3, -0.25) is 9.59 Å². The second-order valence-electron chi connectivity index (χ2n) is 7.29. The van der Waals surface area contributed by atoms with Gasteiger partial charge in [-0.25, -0.2) is 4.39 Å². The molecule has 4 aromatic rings. The lowest BCUT2D eigenvalue weighted by atomic mass is 9.98. The lowest BCUT2D eigenvalue weighted by Gasteiger charge is -2.25. The van der Waals surface area contributed by atoms with Crippen molar-refractivity contribution in [2.24, 2.45) is 0 Å². The fourth-order valence-electron chi connectivity index (χ4n) is 3.96. The third-order valence-electron chi connectivity index (χ3n) is 5.41. The predicted octanol–water partition coefficient (Wildman–Crippen LogP) is 6.09. The molecule has 0 unspecified atom stereocenters. The van der Waals surface area contributed by atoms with E-state index < -0.39 is 23.2 Å². The highest BCUT2D eigenvalue weighted by atomic mass is 79.9. The SMILES string of the molecule is O=C1c2oc3ccc(F)cc3c(=O)c2[C@@H](c2ccc(Br)cc2)N1Cc1ccccc1Cl. The molecule has 4 nitrogen and oxygen atoms in total. The van der Waals surface area contributed by atoms with E-state index in [0.29, 0.717) is 5.02 Å². The predicted molar refractivity (Wildman–Crippen MR) is 120 cm³/mol. The van der Waals surface area contributed by atoms with Crippen molar-refractivity contribution in [1.82, 2.24) is 4.90 Å². The van der Waals surface area contributed by atoms with Crippen molar-refractivity contribution in [2.45, 2.75) is 12.6 Å². The van der Waals surface area contributed by atoms with E-state index in [-0.39, 0.29) is 28.8 Å². The Bertz CT molecular complexity index is 1400. The average molecular weight is 499 g/mol. The maximum absolute atomic E-state index is 13.8. The van der Waals surface area contributed by atoms with Gasteiger partial charge in [-0.1, -0.05) is 57.9 Å². The Labute approximate surface area is 190 Å². The smallest absolute Gasteiger partial charge is 0.291 e. The standard InChI is InChI=1S/C24H14BrClFNO3/c25-15-7-5-13(6-8-15)21-20-22(29)17-11-16(27)9-10-19(17)31-23(20)24(30)28(21)12-14-3-1-2-4-18(14)26/h1-11,21H,12H2/t21-/m1/s1. The lowest BCUT2D eigenvalue weighted by Crippen LogP contribution is -2.29. The van der Waals surface area contributed by atoms with Crippen LogP contribution in [-0.2, 0) is 6.54 Å². The molecule has 0 N–H and O–H groups in total. The molecular formula is C24H14BrClFNO3. The first kappa shape index (κ1) is 20.0. The van der Waals surface area contributed by atoms with Gasteiger partial charge in [0.05, 0.1) is 17.0 Å². The van der Waals surface area contributed by atoms with E-state index in [2.05, 4.69) is 15.9 Å². The molecule has 0 saturated heterocycles. The number of hydrogen-bond acceptors (Lipinski definition) is 3. The largest absolute Gasteiger partial charge is 0.450 e. The Morgan fingerprint density at radius 2 is 1.77 bits per heavy atom. The van der Waals surface area contributed by atoms with Crippen LogP contribution in [0.2, 0.25) is 5.02 Å². The molecule has 0 saturated carbocycles. The molecule has 154 valence electrons. The van der Waals surface area contributed by atoms with Crippen molar-refractivity contribution in [3.63, 3.8) is 0 Å². The minimum absolute atomic E-state index is 0.0240. The molecule has 0 aliphatic carbocycles. The van der Waals surface area contributed by atoms with E-state index in [0.717, 1.165) is 21.7 Å². The van der Waals surface area contributed by atoms with E-state index in [1.54, 1.807) is 11.0 Å². The summed E-state index contributed by atoms with van der Waals surface area (Å²) >= 11 is 9.75. The van der Waals surface area contributed by atoms with Crippen molar-refractivity contribution in [1.29, 1.82) is 0 Å². The van der Waals surface area contributed by atoms with Crippen LogP contribution in [0.25, 0.3) is 11.0 Å². The topological polar surface area (TPSA) is 50.5 Å². The summed E-state index contributed by atoms with van der Waals surface area (Å²) in [6.45, 7) is 0.188. The van der Waals surface area contributed by atoms with Crippen molar-refractivity contribution in [3.05, 3.63) is 115 Å². The van der Waals surface area contributed by atoms with E-state index in [1.807, 2.05) is 42.5 Å². The van der Waals surface area contributed by atoms with Gasteiger partial charge < -0.3 is 9.32 Å². The van der Waals surface area contributed by atoms with Gasteiger partial charge in [-0.2, -0.15) is 0 Å². The molecule has 0 fully saturated rings. The Morgan fingerprint density at radius 3 is 2.52 bits per heavy atom. The zero-order valence-corrected chi connectivity index (χ0v) is 18.3. The molecule has 7 heteroatoms. The molecule has 0 spiro atoms. The Hall–Kier alpha value is -2.96. The second kappa shape index (κ2) is 7.62. The van der Waals surface area contributed by atoms with Crippen molar-refractivity contribution in [2.75, 3.05) is 0 Å². The van der Waals surface area contributed by atoms with Gasteiger partial charge in [0, 0.05) is 16.0 Å². The summed E-state index contributed by atoms with van der Waals surface area (Å²) in [6.07, 6.45) is 0. The van der Waals surface area contributed by atoms with Gasteiger partial charge in [0.1, 0.15) is 11.4 Å². The zero-order valence-electron chi connectivity index (χ0n) is 15.9. The monoisotopic (exact) mass is 497 g/mol. The van der Waals surface area contributed by atoms with Crippen LogP contribution in [0, 0.1) is 5.82 Å². The molecule has 3 aromatic carbocycles. The molecule has 5 rings (SSSR count). The average Bonchev–Trinajstić information content (AvgIpc) is 3.03.